The number of aromatic nitrogens is 3. The van der Waals surface area contributed by atoms with E-state index in [-0.39, 0.29) is 6.04 Å². The first kappa shape index (κ1) is 14.2. The minimum absolute atomic E-state index is 0.119. The van der Waals surface area contributed by atoms with Gasteiger partial charge in [0.15, 0.2) is 0 Å². The molecule has 3 aliphatic heterocycles. The summed E-state index contributed by atoms with van der Waals surface area (Å²) in [7, 11) is 2.07. The first-order chi connectivity index (χ1) is 10.7. The van der Waals surface area contributed by atoms with Crippen molar-refractivity contribution in [2.45, 2.75) is 57.0 Å². The number of fused-ring (bicyclic) bond motifs is 1. The largest absolute Gasteiger partial charge is 0.341 e. The summed E-state index contributed by atoms with van der Waals surface area (Å²) in [5.74, 6) is 3.13. The maximum absolute atomic E-state index is 12.6. The van der Waals surface area contributed by atoms with Crippen molar-refractivity contribution in [1.29, 1.82) is 0 Å². The van der Waals surface area contributed by atoms with E-state index in [2.05, 4.69) is 31.6 Å². The van der Waals surface area contributed by atoms with E-state index in [1.807, 2.05) is 0 Å². The van der Waals surface area contributed by atoms with E-state index in [1.165, 1.54) is 6.42 Å². The van der Waals surface area contributed by atoms with Crippen molar-refractivity contribution in [3.8, 4) is 0 Å². The Labute approximate surface area is 131 Å². The number of amides is 1. The Hall–Kier alpha value is -1.43. The average molecular weight is 303 g/mol. The number of likely N-dealkylation sites (N-methyl/N-ethyl adjacent to an activating group) is 1. The molecule has 0 radical (unpaired) electrons. The van der Waals surface area contributed by atoms with Crippen LogP contribution in [-0.2, 0) is 17.8 Å². The molecule has 22 heavy (non-hydrogen) atoms. The summed E-state index contributed by atoms with van der Waals surface area (Å²) >= 11 is 0. The predicted molar refractivity (Wildman–Crippen MR) is 82.6 cm³/mol. The Morgan fingerprint density at radius 1 is 1.05 bits per heavy atom. The van der Waals surface area contributed by atoms with Crippen LogP contribution in [0.25, 0.3) is 0 Å². The highest BCUT2D eigenvalue weighted by atomic mass is 16.2. The van der Waals surface area contributed by atoms with E-state index in [0.29, 0.717) is 11.8 Å². The Morgan fingerprint density at radius 3 is 2.59 bits per heavy atom. The molecule has 1 aromatic rings. The van der Waals surface area contributed by atoms with E-state index in [4.69, 9.17) is 0 Å². The molecule has 0 N–H and O–H groups in total. The van der Waals surface area contributed by atoms with Crippen LogP contribution >= 0.6 is 0 Å². The van der Waals surface area contributed by atoms with Crippen LogP contribution < -0.4 is 0 Å². The quantitative estimate of drug-likeness (QED) is 0.819. The van der Waals surface area contributed by atoms with Crippen molar-refractivity contribution in [3.05, 3.63) is 11.6 Å². The highest BCUT2D eigenvalue weighted by Crippen LogP contribution is 2.30. The number of likely N-dealkylation sites (tertiary alicyclic amines) is 2. The maximum atomic E-state index is 12.6. The summed E-state index contributed by atoms with van der Waals surface area (Å²) in [6, 6.07) is 0.119. The fourth-order valence-electron chi connectivity index (χ4n) is 4.27. The molecule has 0 aromatic carbocycles. The van der Waals surface area contributed by atoms with Crippen LogP contribution in [-0.4, -0.2) is 63.2 Å². The summed E-state index contributed by atoms with van der Waals surface area (Å²) < 4.78 is 2.31. The highest BCUT2D eigenvalue weighted by Gasteiger charge is 2.34. The maximum Gasteiger partial charge on any atom is 0.239 e. The van der Waals surface area contributed by atoms with E-state index in [9.17, 15) is 4.79 Å². The summed E-state index contributed by atoms with van der Waals surface area (Å²) in [6.45, 7) is 3.87. The van der Waals surface area contributed by atoms with Gasteiger partial charge >= 0.3 is 0 Å². The van der Waals surface area contributed by atoms with E-state index in [1.54, 1.807) is 0 Å². The lowest BCUT2D eigenvalue weighted by atomic mass is 9.95. The van der Waals surface area contributed by atoms with Crippen LogP contribution in [0.5, 0.6) is 0 Å². The molecule has 6 heteroatoms. The van der Waals surface area contributed by atoms with Crippen molar-refractivity contribution >= 4 is 5.91 Å². The monoisotopic (exact) mass is 303 g/mol. The van der Waals surface area contributed by atoms with Gasteiger partial charge in [-0.25, -0.2) is 0 Å². The molecule has 0 spiro atoms. The van der Waals surface area contributed by atoms with Gasteiger partial charge in [0, 0.05) is 32.0 Å². The van der Waals surface area contributed by atoms with Crippen LogP contribution in [0.15, 0.2) is 0 Å². The molecule has 0 saturated carbocycles. The zero-order valence-corrected chi connectivity index (χ0v) is 13.4. The second kappa shape index (κ2) is 5.65. The fourth-order valence-corrected chi connectivity index (χ4v) is 4.27. The molecule has 4 heterocycles. The second-order valence-corrected chi connectivity index (χ2v) is 6.97. The third-order valence-corrected chi connectivity index (χ3v) is 5.62. The zero-order chi connectivity index (χ0) is 15.1. The minimum atomic E-state index is 0.119. The van der Waals surface area contributed by atoms with E-state index < -0.39 is 0 Å². The van der Waals surface area contributed by atoms with Gasteiger partial charge in [0.1, 0.15) is 11.6 Å². The summed E-state index contributed by atoms with van der Waals surface area (Å²) in [5.41, 5.74) is 0. The third kappa shape index (κ3) is 2.33. The molecular formula is C16H25N5O. The number of nitrogens with zero attached hydrogens (tertiary/aromatic N) is 5. The number of carbonyl (C=O) groups is 1. The SMILES string of the molecule is CN1CCCC1C(=O)N1CCC(c2nnc3n2CCC3)CC1. The molecule has 2 fully saturated rings. The molecule has 0 bridgehead atoms. The van der Waals surface area contributed by atoms with Crippen LogP contribution in [0, 0.1) is 0 Å². The zero-order valence-electron chi connectivity index (χ0n) is 13.4. The lowest BCUT2D eigenvalue weighted by molar-refractivity contribution is -0.136. The van der Waals surface area contributed by atoms with Gasteiger partial charge in [-0.1, -0.05) is 0 Å². The minimum Gasteiger partial charge on any atom is -0.341 e. The lowest BCUT2D eigenvalue weighted by Gasteiger charge is -2.34. The molecule has 120 valence electrons. The Balaban J connectivity index is 1.39. The van der Waals surface area contributed by atoms with Crippen molar-refractivity contribution in [2.75, 3.05) is 26.7 Å². The molecule has 2 saturated heterocycles. The molecule has 1 aromatic heterocycles. The van der Waals surface area contributed by atoms with Crippen LogP contribution in [0.4, 0.5) is 0 Å². The van der Waals surface area contributed by atoms with Crippen LogP contribution in [0.2, 0.25) is 0 Å². The molecule has 1 unspecified atom stereocenters. The Kier molecular flexibility index (Phi) is 3.64. The Morgan fingerprint density at radius 2 is 1.86 bits per heavy atom. The normalized spacial score (nSPS) is 26.6. The van der Waals surface area contributed by atoms with Crippen LogP contribution in [0.3, 0.4) is 0 Å². The third-order valence-electron chi connectivity index (χ3n) is 5.62. The summed E-state index contributed by atoms with van der Waals surface area (Å²) in [5, 5.41) is 8.75. The van der Waals surface area contributed by atoms with Gasteiger partial charge in [0.25, 0.3) is 0 Å². The van der Waals surface area contributed by atoms with E-state index in [0.717, 1.165) is 69.9 Å². The van der Waals surface area contributed by atoms with Crippen LogP contribution in [0.1, 0.15) is 49.7 Å². The van der Waals surface area contributed by atoms with Crippen molar-refractivity contribution in [2.24, 2.45) is 0 Å². The van der Waals surface area contributed by atoms with Crippen molar-refractivity contribution < 1.29 is 4.79 Å². The second-order valence-electron chi connectivity index (χ2n) is 6.97. The first-order valence-electron chi connectivity index (χ1n) is 8.65. The van der Waals surface area contributed by atoms with Gasteiger partial charge in [-0.2, -0.15) is 0 Å². The topological polar surface area (TPSA) is 54.3 Å². The molecular weight excluding hydrogens is 278 g/mol. The highest BCUT2D eigenvalue weighted by molar-refractivity contribution is 5.82. The number of hydrogen-bond donors (Lipinski definition) is 0. The molecule has 6 nitrogen and oxygen atoms in total. The van der Waals surface area contributed by atoms with Crippen molar-refractivity contribution in [3.63, 3.8) is 0 Å². The number of rotatable bonds is 2. The Bertz CT molecular complexity index is 561. The van der Waals surface area contributed by atoms with Gasteiger partial charge in [-0.3, -0.25) is 9.69 Å². The van der Waals surface area contributed by atoms with Crippen molar-refractivity contribution in [1.82, 2.24) is 24.6 Å². The summed E-state index contributed by atoms with van der Waals surface area (Å²) in [6.07, 6.45) is 6.49. The average Bonchev–Trinajstić information content (AvgIpc) is 3.23. The number of carbonyl (C=O) groups excluding carboxylic acids is 1. The van der Waals surface area contributed by atoms with Gasteiger partial charge in [0.2, 0.25) is 5.91 Å². The van der Waals surface area contributed by atoms with Gasteiger partial charge in [0.05, 0.1) is 6.04 Å². The molecule has 3 aliphatic rings. The van der Waals surface area contributed by atoms with E-state index >= 15 is 0 Å². The molecule has 1 atom stereocenters. The molecule has 0 aliphatic carbocycles. The van der Waals surface area contributed by atoms with Gasteiger partial charge < -0.3 is 9.47 Å². The molecule has 4 rings (SSSR count). The standard InChI is InChI=1S/C16H25N5O/c1-19-8-2-4-13(19)16(22)20-10-6-12(7-11-20)15-18-17-14-5-3-9-21(14)15/h12-13H,2-11H2,1H3. The smallest absolute Gasteiger partial charge is 0.239 e. The number of aryl methyl sites for hydroxylation is 1. The predicted octanol–water partition coefficient (Wildman–Crippen LogP) is 1.02. The lowest BCUT2D eigenvalue weighted by Crippen LogP contribution is -2.47. The number of piperidine rings is 1. The molecule has 1 amide bonds. The summed E-state index contributed by atoms with van der Waals surface area (Å²) in [4.78, 5) is 16.9. The first-order valence-corrected chi connectivity index (χ1v) is 8.65. The number of hydrogen-bond acceptors (Lipinski definition) is 4. The van der Waals surface area contributed by atoms with Gasteiger partial charge in [-0.15, -0.1) is 10.2 Å². The fraction of sp³-hybridized carbons (Fsp3) is 0.812. The van der Waals surface area contributed by atoms with Gasteiger partial charge in [-0.05, 0) is 45.7 Å².